The SMILES string of the molecule is CCC#CC1CCC(c2ccc(CC/C=C/Cl)cc2)CC1. The van der Waals surface area contributed by atoms with Crippen LogP contribution in [0.1, 0.15) is 62.5 Å². The van der Waals surface area contributed by atoms with Gasteiger partial charge in [-0.25, -0.2) is 0 Å². The molecular formula is C20H25Cl. The molecule has 1 aliphatic carbocycles. The van der Waals surface area contributed by atoms with Gasteiger partial charge in [0.1, 0.15) is 0 Å². The molecule has 0 nitrogen and oxygen atoms in total. The number of aryl methyl sites for hydroxylation is 1. The van der Waals surface area contributed by atoms with Crippen molar-refractivity contribution in [2.24, 2.45) is 5.92 Å². The molecule has 0 spiro atoms. The van der Waals surface area contributed by atoms with Gasteiger partial charge in [0.05, 0.1) is 0 Å². The quantitative estimate of drug-likeness (QED) is 0.593. The molecule has 0 heterocycles. The number of allylic oxidation sites excluding steroid dienone is 1. The Balaban J connectivity index is 1.86. The van der Waals surface area contributed by atoms with Gasteiger partial charge < -0.3 is 0 Å². The van der Waals surface area contributed by atoms with E-state index in [1.54, 1.807) is 5.54 Å². The van der Waals surface area contributed by atoms with Crippen molar-refractivity contribution in [3.8, 4) is 11.8 Å². The van der Waals surface area contributed by atoms with Crippen LogP contribution in [0.5, 0.6) is 0 Å². The van der Waals surface area contributed by atoms with E-state index in [1.165, 1.54) is 36.8 Å². The average Bonchev–Trinajstić information content (AvgIpc) is 2.54. The minimum absolute atomic E-state index is 0.641. The first kappa shape index (κ1) is 16.2. The van der Waals surface area contributed by atoms with Gasteiger partial charge in [0.15, 0.2) is 0 Å². The van der Waals surface area contributed by atoms with Crippen LogP contribution in [0.3, 0.4) is 0 Å². The van der Waals surface area contributed by atoms with E-state index in [1.807, 2.05) is 6.08 Å². The lowest BCUT2D eigenvalue weighted by atomic mass is 9.79. The molecule has 1 heteroatoms. The topological polar surface area (TPSA) is 0 Å². The zero-order valence-electron chi connectivity index (χ0n) is 12.9. The number of halogens is 1. The molecule has 112 valence electrons. The fourth-order valence-corrected chi connectivity index (χ4v) is 3.21. The summed E-state index contributed by atoms with van der Waals surface area (Å²) in [5, 5.41) is 0. The summed E-state index contributed by atoms with van der Waals surface area (Å²) in [4.78, 5) is 0. The zero-order chi connectivity index (χ0) is 14.9. The highest BCUT2D eigenvalue weighted by molar-refractivity contribution is 6.25. The van der Waals surface area contributed by atoms with E-state index in [-0.39, 0.29) is 0 Å². The van der Waals surface area contributed by atoms with Crippen LogP contribution >= 0.6 is 11.6 Å². The Hall–Kier alpha value is -1.19. The number of hydrogen-bond donors (Lipinski definition) is 0. The first-order valence-corrected chi connectivity index (χ1v) is 8.59. The molecule has 0 N–H and O–H groups in total. The van der Waals surface area contributed by atoms with Crippen molar-refractivity contribution in [2.45, 2.75) is 57.8 Å². The highest BCUT2D eigenvalue weighted by Crippen LogP contribution is 2.35. The normalized spacial score (nSPS) is 22.0. The molecule has 1 fully saturated rings. The fourth-order valence-electron chi connectivity index (χ4n) is 3.09. The fraction of sp³-hybridized carbons (Fsp3) is 0.500. The van der Waals surface area contributed by atoms with Gasteiger partial charge in [0, 0.05) is 17.9 Å². The van der Waals surface area contributed by atoms with Crippen molar-refractivity contribution >= 4 is 11.6 Å². The predicted octanol–water partition coefficient (Wildman–Crippen LogP) is 6.06. The van der Waals surface area contributed by atoms with Crippen molar-refractivity contribution in [1.82, 2.24) is 0 Å². The van der Waals surface area contributed by atoms with Gasteiger partial charge in [-0.3, -0.25) is 0 Å². The Kier molecular flexibility index (Phi) is 6.90. The van der Waals surface area contributed by atoms with Gasteiger partial charge in [0.2, 0.25) is 0 Å². The molecule has 2 rings (SSSR count). The third-order valence-electron chi connectivity index (χ3n) is 4.35. The Morgan fingerprint density at radius 3 is 2.48 bits per heavy atom. The molecule has 0 radical (unpaired) electrons. The van der Waals surface area contributed by atoms with Crippen molar-refractivity contribution in [1.29, 1.82) is 0 Å². The van der Waals surface area contributed by atoms with Crippen molar-refractivity contribution in [3.05, 3.63) is 47.0 Å². The Morgan fingerprint density at radius 1 is 1.14 bits per heavy atom. The number of hydrogen-bond acceptors (Lipinski definition) is 0. The monoisotopic (exact) mass is 300 g/mol. The van der Waals surface area contributed by atoms with Crippen LogP contribution in [0.4, 0.5) is 0 Å². The molecule has 0 unspecified atom stereocenters. The van der Waals surface area contributed by atoms with Gasteiger partial charge >= 0.3 is 0 Å². The number of benzene rings is 1. The van der Waals surface area contributed by atoms with E-state index in [2.05, 4.69) is 43.0 Å². The standard InChI is InChI=1S/C20H25Cl/c1-2-3-6-17-8-12-19(13-9-17)20-14-10-18(11-15-20)7-4-5-16-21/h5,10-11,14-17,19H,2,4,7-9,12-13H2,1H3/b16-5+. The summed E-state index contributed by atoms with van der Waals surface area (Å²) in [6, 6.07) is 9.20. The predicted molar refractivity (Wildman–Crippen MR) is 92.5 cm³/mol. The largest absolute Gasteiger partial charge is 0.103 e. The minimum atomic E-state index is 0.641. The molecule has 0 saturated heterocycles. The summed E-state index contributed by atoms with van der Waals surface area (Å²) in [6.45, 7) is 2.13. The second kappa shape index (κ2) is 8.96. The average molecular weight is 301 g/mol. The first-order chi connectivity index (χ1) is 10.3. The highest BCUT2D eigenvalue weighted by atomic mass is 35.5. The Labute approximate surface area is 134 Å². The lowest BCUT2D eigenvalue weighted by Gasteiger charge is -2.26. The smallest absolute Gasteiger partial charge is 0.0203 e. The van der Waals surface area contributed by atoms with E-state index in [0.29, 0.717) is 5.92 Å². The van der Waals surface area contributed by atoms with E-state index in [9.17, 15) is 0 Å². The molecule has 0 aromatic heterocycles. The lowest BCUT2D eigenvalue weighted by Crippen LogP contribution is -2.12. The molecule has 0 amide bonds. The summed E-state index contributed by atoms with van der Waals surface area (Å²) in [6.07, 6.45) is 10.2. The molecule has 0 bridgehead atoms. The van der Waals surface area contributed by atoms with Gasteiger partial charge in [-0.05, 0) is 55.6 Å². The molecule has 0 aliphatic heterocycles. The van der Waals surface area contributed by atoms with Gasteiger partial charge in [-0.1, -0.05) is 54.8 Å². The zero-order valence-corrected chi connectivity index (χ0v) is 13.7. The number of rotatable bonds is 4. The summed E-state index contributed by atoms with van der Waals surface area (Å²) < 4.78 is 0. The van der Waals surface area contributed by atoms with Gasteiger partial charge in [-0.15, -0.1) is 5.92 Å². The summed E-state index contributed by atoms with van der Waals surface area (Å²) in [5.74, 6) is 8.03. The van der Waals surface area contributed by atoms with E-state index in [4.69, 9.17) is 11.6 Å². The summed E-state index contributed by atoms with van der Waals surface area (Å²) in [7, 11) is 0. The highest BCUT2D eigenvalue weighted by Gasteiger charge is 2.20. The maximum Gasteiger partial charge on any atom is 0.0203 e. The maximum absolute atomic E-state index is 5.55. The van der Waals surface area contributed by atoms with Gasteiger partial charge in [-0.2, -0.15) is 0 Å². The van der Waals surface area contributed by atoms with Crippen LogP contribution in [0.15, 0.2) is 35.9 Å². The van der Waals surface area contributed by atoms with Crippen molar-refractivity contribution in [3.63, 3.8) is 0 Å². The molecule has 1 aliphatic rings. The van der Waals surface area contributed by atoms with Crippen LogP contribution in [0, 0.1) is 17.8 Å². The van der Waals surface area contributed by atoms with Crippen LogP contribution in [0.2, 0.25) is 0 Å². The molecule has 1 aromatic rings. The van der Waals surface area contributed by atoms with Crippen LogP contribution < -0.4 is 0 Å². The Bertz CT molecular complexity index is 493. The summed E-state index contributed by atoms with van der Waals surface area (Å²) >= 11 is 5.55. The molecule has 1 saturated carbocycles. The molecule has 21 heavy (non-hydrogen) atoms. The molecular weight excluding hydrogens is 276 g/mol. The minimum Gasteiger partial charge on any atom is -0.103 e. The lowest BCUT2D eigenvalue weighted by molar-refractivity contribution is 0.384. The van der Waals surface area contributed by atoms with Gasteiger partial charge in [0.25, 0.3) is 0 Å². The van der Waals surface area contributed by atoms with Crippen LogP contribution in [0.25, 0.3) is 0 Å². The maximum atomic E-state index is 5.55. The molecule has 1 aromatic carbocycles. The van der Waals surface area contributed by atoms with E-state index >= 15 is 0 Å². The van der Waals surface area contributed by atoms with Crippen LogP contribution in [-0.4, -0.2) is 0 Å². The van der Waals surface area contributed by atoms with E-state index < -0.39 is 0 Å². The summed E-state index contributed by atoms with van der Waals surface area (Å²) in [5.41, 5.74) is 4.51. The second-order valence-corrected chi connectivity index (χ2v) is 6.12. The van der Waals surface area contributed by atoms with Crippen molar-refractivity contribution < 1.29 is 0 Å². The van der Waals surface area contributed by atoms with E-state index in [0.717, 1.165) is 25.2 Å². The van der Waals surface area contributed by atoms with Crippen molar-refractivity contribution in [2.75, 3.05) is 0 Å². The third-order valence-corrected chi connectivity index (χ3v) is 4.53. The second-order valence-electron chi connectivity index (χ2n) is 5.87. The first-order valence-electron chi connectivity index (χ1n) is 8.16. The molecule has 0 atom stereocenters. The van der Waals surface area contributed by atoms with Crippen LogP contribution in [-0.2, 0) is 6.42 Å². The Morgan fingerprint density at radius 2 is 1.86 bits per heavy atom. The third kappa shape index (κ3) is 5.25.